The second kappa shape index (κ2) is 7.29. The van der Waals surface area contributed by atoms with E-state index < -0.39 is 0 Å². The van der Waals surface area contributed by atoms with Crippen LogP contribution < -0.4 is 5.32 Å². The Hall–Kier alpha value is -1.35. The van der Waals surface area contributed by atoms with Gasteiger partial charge in [-0.15, -0.1) is 0 Å². The number of aliphatic hydroxyl groups excluding tert-OH is 1. The van der Waals surface area contributed by atoms with E-state index in [2.05, 4.69) is 5.32 Å². The summed E-state index contributed by atoms with van der Waals surface area (Å²) in [6.07, 6.45) is 6.23. The summed E-state index contributed by atoms with van der Waals surface area (Å²) in [6, 6.07) is 9.80. The molecule has 1 aromatic carbocycles. The number of rotatable bonds is 5. The summed E-state index contributed by atoms with van der Waals surface area (Å²) in [5.41, 5.74) is 1.14. The highest BCUT2D eigenvalue weighted by molar-refractivity contribution is 5.79. The molecule has 0 aliphatic heterocycles. The smallest absolute Gasteiger partial charge is 0.223 e. The quantitative estimate of drug-likeness (QED) is 0.854. The second-order valence-corrected chi connectivity index (χ2v) is 5.41. The fourth-order valence-electron chi connectivity index (χ4n) is 2.74. The normalized spacial score (nSPS) is 17.9. The maximum absolute atomic E-state index is 12.1. The minimum absolute atomic E-state index is 0.00659. The summed E-state index contributed by atoms with van der Waals surface area (Å²) in [4.78, 5) is 12.1. The molecule has 2 N–H and O–H groups in total. The van der Waals surface area contributed by atoms with E-state index in [0.29, 0.717) is 6.42 Å². The van der Waals surface area contributed by atoms with Crippen LogP contribution in [0.2, 0.25) is 0 Å². The summed E-state index contributed by atoms with van der Waals surface area (Å²) in [7, 11) is 0. The molecule has 1 aromatic rings. The van der Waals surface area contributed by atoms with Gasteiger partial charge in [0.05, 0.1) is 12.6 Å². The van der Waals surface area contributed by atoms with Crippen molar-refractivity contribution < 1.29 is 9.90 Å². The summed E-state index contributed by atoms with van der Waals surface area (Å²) in [5, 5.41) is 12.4. The standard InChI is InChI=1S/C16H23NO2/c18-12-15(11-13-7-3-1-4-8-13)17-16(19)14-9-5-2-6-10-14/h1,3-4,7-8,14-15,18H,2,5-6,9-12H2,(H,17,19)/t15-/m0/s1. The average molecular weight is 261 g/mol. The van der Waals surface area contributed by atoms with Crippen LogP contribution in [0.4, 0.5) is 0 Å². The molecule has 0 spiro atoms. The largest absolute Gasteiger partial charge is 0.394 e. The molecule has 1 fully saturated rings. The molecule has 3 heteroatoms. The van der Waals surface area contributed by atoms with Gasteiger partial charge in [-0.05, 0) is 24.8 Å². The lowest BCUT2D eigenvalue weighted by Crippen LogP contribution is -2.42. The molecule has 0 bridgehead atoms. The zero-order valence-electron chi connectivity index (χ0n) is 11.3. The van der Waals surface area contributed by atoms with Gasteiger partial charge in [0.1, 0.15) is 0 Å². The van der Waals surface area contributed by atoms with E-state index in [1.165, 1.54) is 6.42 Å². The molecule has 1 saturated carbocycles. The van der Waals surface area contributed by atoms with Gasteiger partial charge in [0.15, 0.2) is 0 Å². The van der Waals surface area contributed by atoms with Crippen molar-refractivity contribution in [2.75, 3.05) is 6.61 Å². The fraction of sp³-hybridized carbons (Fsp3) is 0.562. The lowest BCUT2D eigenvalue weighted by Gasteiger charge is -2.24. The van der Waals surface area contributed by atoms with E-state index in [1.807, 2.05) is 30.3 Å². The molecule has 0 saturated heterocycles. The molecule has 0 radical (unpaired) electrons. The highest BCUT2D eigenvalue weighted by Crippen LogP contribution is 2.23. The molecule has 0 heterocycles. The van der Waals surface area contributed by atoms with Gasteiger partial charge in [-0.2, -0.15) is 0 Å². The van der Waals surface area contributed by atoms with Crippen LogP contribution in [0.15, 0.2) is 30.3 Å². The van der Waals surface area contributed by atoms with Crippen LogP contribution in [-0.4, -0.2) is 23.7 Å². The molecule has 3 nitrogen and oxygen atoms in total. The first-order valence-electron chi connectivity index (χ1n) is 7.24. The predicted molar refractivity (Wildman–Crippen MR) is 75.7 cm³/mol. The summed E-state index contributed by atoms with van der Waals surface area (Å²) in [6.45, 7) is -0.00659. The third-order valence-electron chi connectivity index (χ3n) is 3.87. The zero-order chi connectivity index (χ0) is 13.5. The Balaban J connectivity index is 1.86. The van der Waals surface area contributed by atoms with Gasteiger partial charge in [-0.3, -0.25) is 4.79 Å². The molecular formula is C16H23NO2. The monoisotopic (exact) mass is 261 g/mol. The highest BCUT2D eigenvalue weighted by atomic mass is 16.3. The minimum Gasteiger partial charge on any atom is -0.394 e. The van der Waals surface area contributed by atoms with Gasteiger partial charge in [0.2, 0.25) is 5.91 Å². The average Bonchev–Trinajstić information content (AvgIpc) is 2.48. The van der Waals surface area contributed by atoms with E-state index in [-0.39, 0.29) is 24.5 Å². The molecule has 1 aliphatic rings. The third kappa shape index (κ3) is 4.35. The zero-order valence-corrected chi connectivity index (χ0v) is 11.3. The Morgan fingerprint density at radius 3 is 2.53 bits per heavy atom. The number of hydrogen-bond acceptors (Lipinski definition) is 2. The Kier molecular flexibility index (Phi) is 5.40. The van der Waals surface area contributed by atoms with Crippen LogP contribution in [0, 0.1) is 5.92 Å². The van der Waals surface area contributed by atoms with E-state index >= 15 is 0 Å². The first-order valence-corrected chi connectivity index (χ1v) is 7.24. The fourth-order valence-corrected chi connectivity index (χ4v) is 2.74. The predicted octanol–water partition coefficient (Wildman–Crippen LogP) is 2.29. The molecule has 104 valence electrons. The molecule has 0 unspecified atom stereocenters. The van der Waals surface area contributed by atoms with E-state index in [4.69, 9.17) is 0 Å². The van der Waals surface area contributed by atoms with E-state index in [9.17, 15) is 9.90 Å². The molecule has 1 amide bonds. The van der Waals surface area contributed by atoms with Crippen molar-refractivity contribution in [1.29, 1.82) is 0 Å². The number of amides is 1. The highest BCUT2D eigenvalue weighted by Gasteiger charge is 2.23. The van der Waals surface area contributed by atoms with Gasteiger partial charge in [-0.25, -0.2) is 0 Å². The van der Waals surface area contributed by atoms with Gasteiger partial charge in [0, 0.05) is 5.92 Å². The van der Waals surface area contributed by atoms with Crippen molar-refractivity contribution in [2.45, 2.75) is 44.6 Å². The molecular weight excluding hydrogens is 238 g/mol. The number of carbonyl (C=O) groups is 1. The minimum atomic E-state index is -0.170. The Morgan fingerprint density at radius 2 is 1.89 bits per heavy atom. The molecule has 19 heavy (non-hydrogen) atoms. The van der Waals surface area contributed by atoms with Gasteiger partial charge in [-0.1, -0.05) is 49.6 Å². The molecule has 1 atom stereocenters. The SMILES string of the molecule is O=C(N[C@H](CO)Cc1ccccc1)C1CCCCC1. The van der Waals surface area contributed by atoms with Gasteiger partial charge < -0.3 is 10.4 Å². The van der Waals surface area contributed by atoms with Crippen LogP contribution in [0.5, 0.6) is 0 Å². The summed E-state index contributed by atoms with van der Waals surface area (Å²) >= 11 is 0. The number of benzene rings is 1. The van der Waals surface area contributed by atoms with Crippen LogP contribution in [-0.2, 0) is 11.2 Å². The van der Waals surface area contributed by atoms with Crippen LogP contribution in [0.3, 0.4) is 0 Å². The first-order chi connectivity index (χ1) is 9.29. The van der Waals surface area contributed by atoms with E-state index in [0.717, 1.165) is 31.2 Å². The lowest BCUT2D eigenvalue weighted by atomic mass is 9.88. The number of aliphatic hydroxyl groups is 1. The van der Waals surface area contributed by atoms with Crippen molar-refractivity contribution in [3.05, 3.63) is 35.9 Å². The summed E-state index contributed by atoms with van der Waals surface area (Å²) < 4.78 is 0. The number of nitrogens with one attached hydrogen (secondary N) is 1. The molecule has 1 aliphatic carbocycles. The van der Waals surface area contributed by atoms with Crippen molar-refractivity contribution in [2.24, 2.45) is 5.92 Å². The topological polar surface area (TPSA) is 49.3 Å². The Morgan fingerprint density at radius 1 is 1.21 bits per heavy atom. The summed E-state index contributed by atoms with van der Waals surface area (Å²) in [5.74, 6) is 0.272. The number of hydrogen-bond donors (Lipinski definition) is 2. The molecule has 0 aromatic heterocycles. The van der Waals surface area contributed by atoms with Gasteiger partial charge in [0.25, 0.3) is 0 Å². The Labute approximate surface area is 115 Å². The Bertz CT molecular complexity index is 385. The van der Waals surface area contributed by atoms with E-state index in [1.54, 1.807) is 0 Å². The van der Waals surface area contributed by atoms with Crippen molar-refractivity contribution in [1.82, 2.24) is 5.32 Å². The second-order valence-electron chi connectivity index (χ2n) is 5.41. The van der Waals surface area contributed by atoms with Gasteiger partial charge >= 0.3 is 0 Å². The van der Waals surface area contributed by atoms with Crippen molar-refractivity contribution >= 4 is 5.91 Å². The molecule has 2 rings (SSSR count). The van der Waals surface area contributed by atoms with Crippen molar-refractivity contribution in [3.63, 3.8) is 0 Å². The lowest BCUT2D eigenvalue weighted by molar-refractivity contribution is -0.126. The number of carbonyl (C=O) groups excluding carboxylic acids is 1. The van der Waals surface area contributed by atoms with Crippen LogP contribution in [0.25, 0.3) is 0 Å². The maximum Gasteiger partial charge on any atom is 0.223 e. The maximum atomic E-state index is 12.1. The van der Waals surface area contributed by atoms with Crippen molar-refractivity contribution in [3.8, 4) is 0 Å². The first kappa shape index (κ1) is 14.1. The third-order valence-corrected chi connectivity index (χ3v) is 3.87. The van der Waals surface area contributed by atoms with Crippen LogP contribution in [0.1, 0.15) is 37.7 Å². The van der Waals surface area contributed by atoms with Crippen LogP contribution >= 0.6 is 0 Å².